The number of nitrogens with one attached hydrogen (secondary N) is 2. The number of aliphatic hydroxyl groups excluding tert-OH is 1. The zero-order valence-corrected chi connectivity index (χ0v) is 11.5. The monoisotopic (exact) mass is 318 g/mol. The Morgan fingerprint density at radius 1 is 1.56 bits per heavy atom. The Morgan fingerprint density at radius 3 is 2.89 bits per heavy atom. The van der Waals surface area contributed by atoms with Crippen LogP contribution in [-0.2, 0) is 11.3 Å². The SMILES string of the molecule is CC(=O)NCCNc1cnn(CCO)c(=O)c1Br. The van der Waals surface area contributed by atoms with E-state index >= 15 is 0 Å². The van der Waals surface area contributed by atoms with E-state index in [-0.39, 0.29) is 24.6 Å². The van der Waals surface area contributed by atoms with E-state index in [0.29, 0.717) is 23.2 Å². The van der Waals surface area contributed by atoms with Gasteiger partial charge in [0, 0.05) is 20.0 Å². The van der Waals surface area contributed by atoms with Gasteiger partial charge in [0.1, 0.15) is 4.47 Å². The highest BCUT2D eigenvalue weighted by molar-refractivity contribution is 9.10. The molecule has 1 heterocycles. The van der Waals surface area contributed by atoms with Crippen LogP contribution >= 0.6 is 15.9 Å². The molecule has 3 N–H and O–H groups in total. The van der Waals surface area contributed by atoms with Gasteiger partial charge in [-0.3, -0.25) is 9.59 Å². The Labute approximate surface area is 112 Å². The van der Waals surface area contributed by atoms with Crippen LogP contribution in [0.25, 0.3) is 0 Å². The Morgan fingerprint density at radius 2 is 2.28 bits per heavy atom. The number of nitrogens with zero attached hydrogens (tertiary/aromatic N) is 2. The maximum atomic E-state index is 11.8. The number of hydrogen-bond donors (Lipinski definition) is 3. The lowest BCUT2D eigenvalue weighted by Gasteiger charge is -2.09. The lowest BCUT2D eigenvalue weighted by molar-refractivity contribution is -0.118. The summed E-state index contributed by atoms with van der Waals surface area (Å²) in [5.74, 6) is -0.104. The predicted molar refractivity (Wildman–Crippen MR) is 70.5 cm³/mol. The summed E-state index contributed by atoms with van der Waals surface area (Å²) in [5.41, 5.74) is 0.244. The quantitative estimate of drug-likeness (QED) is 0.617. The highest BCUT2D eigenvalue weighted by Crippen LogP contribution is 2.15. The summed E-state index contributed by atoms with van der Waals surface area (Å²) in [6.07, 6.45) is 1.49. The molecular weight excluding hydrogens is 304 g/mol. The van der Waals surface area contributed by atoms with E-state index in [0.717, 1.165) is 0 Å². The van der Waals surface area contributed by atoms with E-state index in [4.69, 9.17) is 5.11 Å². The van der Waals surface area contributed by atoms with Crippen molar-refractivity contribution in [1.29, 1.82) is 0 Å². The number of aliphatic hydroxyl groups is 1. The maximum Gasteiger partial charge on any atom is 0.283 e. The first kappa shape index (κ1) is 14.7. The molecule has 1 aromatic rings. The van der Waals surface area contributed by atoms with Crippen LogP contribution in [0.5, 0.6) is 0 Å². The topological polar surface area (TPSA) is 96.2 Å². The Balaban J connectivity index is 2.65. The number of halogens is 1. The molecule has 0 saturated carbocycles. The van der Waals surface area contributed by atoms with Crippen LogP contribution < -0.4 is 16.2 Å². The fraction of sp³-hybridized carbons (Fsp3) is 0.500. The highest BCUT2D eigenvalue weighted by Gasteiger charge is 2.07. The third-order valence-electron chi connectivity index (χ3n) is 2.11. The second kappa shape index (κ2) is 7.12. The number of aromatic nitrogens is 2. The van der Waals surface area contributed by atoms with Gasteiger partial charge in [-0.25, -0.2) is 4.68 Å². The maximum absolute atomic E-state index is 11.8. The van der Waals surface area contributed by atoms with Crippen LogP contribution in [0.3, 0.4) is 0 Å². The average molecular weight is 319 g/mol. The molecule has 1 amide bonds. The van der Waals surface area contributed by atoms with E-state index in [2.05, 4.69) is 31.7 Å². The molecule has 0 fully saturated rings. The van der Waals surface area contributed by atoms with Gasteiger partial charge in [0.25, 0.3) is 5.56 Å². The van der Waals surface area contributed by atoms with Gasteiger partial charge in [-0.05, 0) is 15.9 Å². The van der Waals surface area contributed by atoms with Crippen molar-refractivity contribution in [3.05, 3.63) is 21.0 Å². The summed E-state index contributed by atoms with van der Waals surface area (Å²) < 4.78 is 1.53. The molecule has 0 aliphatic heterocycles. The van der Waals surface area contributed by atoms with Gasteiger partial charge in [-0.15, -0.1) is 0 Å². The first-order chi connectivity index (χ1) is 8.56. The van der Waals surface area contributed by atoms with E-state index < -0.39 is 0 Å². The molecule has 7 nitrogen and oxygen atoms in total. The third kappa shape index (κ3) is 4.11. The van der Waals surface area contributed by atoms with E-state index in [1.807, 2.05) is 0 Å². The summed E-state index contributed by atoms with van der Waals surface area (Å²) in [6, 6.07) is 0. The van der Waals surface area contributed by atoms with Crippen molar-refractivity contribution in [2.45, 2.75) is 13.5 Å². The largest absolute Gasteiger partial charge is 0.394 e. The molecule has 1 rings (SSSR count). The second-order valence-corrected chi connectivity index (χ2v) is 4.33. The fourth-order valence-electron chi connectivity index (χ4n) is 1.28. The molecule has 0 aliphatic rings. The molecular formula is C10H15BrN4O3. The van der Waals surface area contributed by atoms with Crippen LogP contribution in [0, 0.1) is 0 Å². The number of carbonyl (C=O) groups is 1. The van der Waals surface area contributed by atoms with Gasteiger partial charge < -0.3 is 15.7 Å². The number of rotatable bonds is 6. The first-order valence-corrected chi connectivity index (χ1v) is 6.20. The molecule has 0 unspecified atom stereocenters. The summed E-state index contributed by atoms with van der Waals surface area (Å²) in [6.45, 7) is 2.40. The van der Waals surface area contributed by atoms with Crippen molar-refractivity contribution in [3.8, 4) is 0 Å². The molecule has 0 radical (unpaired) electrons. The van der Waals surface area contributed by atoms with Gasteiger partial charge >= 0.3 is 0 Å². The van der Waals surface area contributed by atoms with Crippen LogP contribution in [0.15, 0.2) is 15.5 Å². The number of carbonyl (C=O) groups excluding carboxylic acids is 1. The van der Waals surface area contributed by atoms with Crippen molar-refractivity contribution < 1.29 is 9.90 Å². The minimum Gasteiger partial charge on any atom is -0.394 e. The van der Waals surface area contributed by atoms with Crippen LogP contribution in [-0.4, -0.2) is 40.5 Å². The molecule has 8 heteroatoms. The molecule has 0 atom stereocenters. The smallest absolute Gasteiger partial charge is 0.283 e. The van der Waals surface area contributed by atoms with E-state index in [1.54, 1.807) is 0 Å². The second-order valence-electron chi connectivity index (χ2n) is 3.53. The van der Waals surface area contributed by atoms with Gasteiger partial charge in [0.2, 0.25) is 5.91 Å². The van der Waals surface area contributed by atoms with Crippen molar-refractivity contribution in [2.24, 2.45) is 0 Å². The van der Waals surface area contributed by atoms with Crippen LogP contribution in [0.1, 0.15) is 6.92 Å². The number of hydrogen-bond acceptors (Lipinski definition) is 5. The van der Waals surface area contributed by atoms with Crippen LogP contribution in [0.2, 0.25) is 0 Å². The molecule has 0 spiro atoms. The minimum absolute atomic E-state index is 0.104. The molecule has 1 aromatic heterocycles. The normalized spacial score (nSPS) is 10.2. The Bertz CT molecular complexity index is 475. The number of amides is 1. The average Bonchev–Trinajstić information content (AvgIpc) is 2.33. The predicted octanol–water partition coefficient (Wildman–Crippen LogP) is -0.454. The summed E-state index contributed by atoms with van der Waals surface area (Å²) in [7, 11) is 0. The number of anilines is 1. The van der Waals surface area contributed by atoms with E-state index in [9.17, 15) is 9.59 Å². The molecule has 0 bridgehead atoms. The van der Waals surface area contributed by atoms with Crippen molar-refractivity contribution in [2.75, 3.05) is 25.0 Å². The Kier molecular flexibility index (Phi) is 5.79. The standard InChI is InChI=1S/C10H15BrN4O3/c1-7(17)12-2-3-13-8-6-14-15(4-5-16)10(18)9(8)11/h6,13,16H,2-5H2,1H3,(H,12,17). The fourth-order valence-corrected chi connectivity index (χ4v) is 1.73. The first-order valence-electron chi connectivity index (χ1n) is 5.41. The Hall–Kier alpha value is -1.41. The van der Waals surface area contributed by atoms with Crippen molar-refractivity contribution >= 4 is 27.5 Å². The summed E-state index contributed by atoms with van der Waals surface area (Å²) in [5, 5.41) is 18.3. The molecule has 0 saturated heterocycles. The molecule has 0 aromatic carbocycles. The minimum atomic E-state index is -0.312. The van der Waals surface area contributed by atoms with E-state index in [1.165, 1.54) is 17.8 Å². The highest BCUT2D eigenvalue weighted by atomic mass is 79.9. The zero-order valence-electron chi connectivity index (χ0n) is 9.94. The van der Waals surface area contributed by atoms with Gasteiger partial charge in [-0.2, -0.15) is 5.10 Å². The van der Waals surface area contributed by atoms with Crippen LogP contribution in [0.4, 0.5) is 5.69 Å². The van der Waals surface area contributed by atoms with Gasteiger partial charge in [-0.1, -0.05) is 0 Å². The molecule has 100 valence electrons. The van der Waals surface area contributed by atoms with Gasteiger partial charge in [0.05, 0.1) is 25.0 Å². The third-order valence-corrected chi connectivity index (χ3v) is 2.88. The molecule has 18 heavy (non-hydrogen) atoms. The van der Waals surface area contributed by atoms with Crippen molar-refractivity contribution in [3.63, 3.8) is 0 Å². The van der Waals surface area contributed by atoms with Crippen molar-refractivity contribution in [1.82, 2.24) is 15.1 Å². The summed E-state index contributed by atoms with van der Waals surface area (Å²) >= 11 is 3.18. The summed E-state index contributed by atoms with van der Waals surface area (Å²) in [4.78, 5) is 22.4. The zero-order chi connectivity index (χ0) is 13.5. The van der Waals surface area contributed by atoms with Gasteiger partial charge in [0.15, 0.2) is 0 Å². The molecule has 0 aliphatic carbocycles. The lowest BCUT2D eigenvalue weighted by atomic mass is 10.4. The lowest BCUT2D eigenvalue weighted by Crippen LogP contribution is -2.28.